The molecule has 5 rings (SSSR count). The molecular formula is C24H25N5O3. The Kier molecular flexibility index (Phi) is 5.05. The summed E-state index contributed by atoms with van der Waals surface area (Å²) in [5, 5.41) is 4.18. The van der Waals surface area contributed by atoms with E-state index in [1.807, 2.05) is 49.8 Å². The Morgan fingerprint density at radius 2 is 1.78 bits per heavy atom. The van der Waals surface area contributed by atoms with Gasteiger partial charge in [0.05, 0.1) is 31.7 Å². The van der Waals surface area contributed by atoms with Gasteiger partial charge < -0.3 is 14.4 Å². The number of anilines is 2. The SMILES string of the molecule is COc1cc(OC)cc(N(CC2CC2)c2ccc3ncc(-c4cnn(C)c4)c(=O)n3c2)c1. The molecule has 3 heterocycles. The Morgan fingerprint density at radius 1 is 1.03 bits per heavy atom. The van der Waals surface area contributed by atoms with Crippen LogP contribution in [0.15, 0.2) is 59.9 Å². The highest BCUT2D eigenvalue weighted by molar-refractivity contribution is 5.68. The van der Waals surface area contributed by atoms with Gasteiger partial charge in [-0.3, -0.25) is 13.9 Å². The number of pyridine rings is 1. The summed E-state index contributed by atoms with van der Waals surface area (Å²) >= 11 is 0. The molecule has 8 heteroatoms. The third-order valence-corrected chi connectivity index (χ3v) is 5.80. The Hall–Kier alpha value is -3.81. The number of benzene rings is 1. The number of hydrogen-bond acceptors (Lipinski definition) is 6. The number of rotatable bonds is 7. The number of hydrogen-bond donors (Lipinski definition) is 0. The van der Waals surface area contributed by atoms with Crippen LogP contribution in [0.25, 0.3) is 16.8 Å². The molecule has 0 unspecified atom stereocenters. The normalized spacial score (nSPS) is 13.3. The lowest BCUT2D eigenvalue weighted by atomic mass is 10.2. The monoisotopic (exact) mass is 431 g/mol. The van der Waals surface area contributed by atoms with E-state index < -0.39 is 0 Å². The minimum Gasteiger partial charge on any atom is -0.497 e. The van der Waals surface area contributed by atoms with Crippen LogP contribution in [0.4, 0.5) is 11.4 Å². The van der Waals surface area contributed by atoms with Gasteiger partial charge >= 0.3 is 0 Å². The first-order valence-corrected chi connectivity index (χ1v) is 10.6. The predicted octanol–water partition coefficient (Wildman–Crippen LogP) is 3.66. The van der Waals surface area contributed by atoms with Gasteiger partial charge in [0.25, 0.3) is 5.56 Å². The van der Waals surface area contributed by atoms with Crippen molar-refractivity contribution in [2.75, 3.05) is 25.7 Å². The number of ether oxygens (including phenoxy) is 2. The van der Waals surface area contributed by atoms with Crippen LogP contribution in [-0.2, 0) is 7.05 Å². The van der Waals surface area contributed by atoms with E-state index >= 15 is 0 Å². The van der Waals surface area contributed by atoms with Gasteiger partial charge in [0.2, 0.25) is 0 Å². The minimum atomic E-state index is -0.126. The summed E-state index contributed by atoms with van der Waals surface area (Å²) in [6, 6.07) is 9.71. The highest BCUT2D eigenvalue weighted by Gasteiger charge is 2.26. The van der Waals surface area contributed by atoms with Crippen LogP contribution in [0.1, 0.15) is 12.8 Å². The summed E-state index contributed by atoms with van der Waals surface area (Å²) in [4.78, 5) is 20.0. The maximum Gasteiger partial charge on any atom is 0.265 e. The maximum atomic E-state index is 13.3. The van der Waals surface area contributed by atoms with Crippen molar-refractivity contribution in [1.82, 2.24) is 19.2 Å². The summed E-state index contributed by atoms with van der Waals surface area (Å²) in [7, 11) is 5.11. The fourth-order valence-corrected chi connectivity index (χ4v) is 3.85. The lowest BCUT2D eigenvalue weighted by Gasteiger charge is -2.26. The number of fused-ring (bicyclic) bond motifs is 1. The third kappa shape index (κ3) is 3.79. The molecule has 0 radical (unpaired) electrons. The molecule has 1 aliphatic carbocycles. The highest BCUT2D eigenvalue weighted by Crippen LogP contribution is 2.38. The highest BCUT2D eigenvalue weighted by atomic mass is 16.5. The first kappa shape index (κ1) is 20.1. The molecule has 8 nitrogen and oxygen atoms in total. The van der Waals surface area contributed by atoms with Gasteiger partial charge in [0.15, 0.2) is 0 Å². The van der Waals surface area contributed by atoms with Gasteiger partial charge in [-0.15, -0.1) is 0 Å². The van der Waals surface area contributed by atoms with E-state index in [-0.39, 0.29) is 5.56 Å². The van der Waals surface area contributed by atoms with Crippen molar-refractivity contribution in [3.8, 4) is 22.6 Å². The molecule has 1 fully saturated rings. The van der Waals surface area contributed by atoms with E-state index in [1.54, 1.807) is 35.7 Å². The molecule has 0 spiro atoms. The molecule has 32 heavy (non-hydrogen) atoms. The van der Waals surface area contributed by atoms with Crippen LogP contribution in [0.3, 0.4) is 0 Å². The van der Waals surface area contributed by atoms with Gasteiger partial charge in [0, 0.05) is 61.6 Å². The zero-order chi connectivity index (χ0) is 22.2. The lowest BCUT2D eigenvalue weighted by molar-refractivity contribution is 0.394. The first-order chi connectivity index (χ1) is 15.6. The summed E-state index contributed by atoms with van der Waals surface area (Å²) in [6.45, 7) is 0.853. The Balaban J connectivity index is 1.63. The second-order valence-electron chi connectivity index (χ2n) is 8.12. The molecule has 1 aromatic carbocycles. The second-order valence-corrected chi connectivity index (χ2v) is 8.12. The zero-order valence-corrected chi connectivity index (χ0v) is 18.4. The summed E-state index contributed by atoms with van der Waals surface area (Å²) in [5.74, 6) is 2.07. The number of methoxy groups -OCH3 is 2. The van der Waals surface area contributed by atoms with E-state index in [9.17, 15) is 4.79 Å². The Bertz CT molecular complexity index is 1320. The van der Waals surface area contributed by atoms with Gasteiger partial charge in [-0.05, 0) is 30.9 Å². The summed E-state index contributed by atoms with van der Waals surface area (Å²) < 4.78 is 14.2. The van der Waals surface area contributed by atoms with Crippen LogP contribution >= 0.6 is 0 Å². The van der Waals surface area contributed by atoms with Crippen molar-refractivity contribution in [1.29, 1.82) is 0 Å². The van der Waals surface area contributed by atoms with Crippen LogP contribution < -0.4 is 19.9 Å². The van der Waals surface area contributed by atoms with Crippen LogP contribution in [0, 0.1) is 5.92 Å². The molecule has 0 atom stereocenters. The summed E-state index contributed by atoms with van der Waals surface area (Å²) in [6.07, 6.45) is 9.38. The molecule has 0 saturated heterocycles. The van der Waals surface area contributed by atoms with Gasteiger partial charge in [0.1, 0.15) is 17.1 Å². The Labute approximate surface area is 185 Å². The van der Waals surface area contributed by atoms with Crippen LogP contribution in [-0.4, -0.2) is 39.9 Å². The quantitative estimate of drug-likeness (QED) is 0.445. The largest absolute Gasteiger partial charge is 0.497 e. The first-order valence-electron chi connectivity index (χ1n) is 10.6. The standard InChI is InChI=1S/C24H25N5O3/c1-27-14-17(11-26-27)22-12-25-23-7-6-18(15-29(23)24(22)30)28(13-16-4-5-16)19-8-20(31-2)10-21(9-19)32-3/h6-12,14-16H,4-5,13H2,1-3H3. The Morgan fingerprint density at radius 3 is 2.41 bits per heavy atom. The van der Waals surface area contributed by atoms with Crippen LogP contribution in [0.2, 0.25) is 0 Å². The van der Waals surface area contributed by atoms with Crippen molar-refractivity contribution >= 4 is 17.0 Å². The molecule has 0 aliphatic heterocycles. The topological polar surface area (TPSA) is 73.9 Å². The molecule has 1 saturated carbocycles. The van der Waals surface area contributed by atoms with Crippen molar-refractivity contribution in [3.63, 3.8) is 0 Å². The molecule has 0 N–H and O–H groups in total. The summed E-state index contributed by atoms with van der Waals surface area (Å²) in [5.41, 5.74) is 3.60. The fourth-order valence-electron chi connectivity index (χ4n) is 3.85. The van der Waals surface area contributed by atoms with Crippen molar-refractivity contribution in [2.45, 2.75) is 12.8 Å². The van der Waals surface area contributed by atoms with Gasteiger partial charge in [-0.1, -0.05) is 0 Å². The minimum absolute atomic E-state index is 0.126. The molecule has 3 aromatic heterocycles. The van der Waals surface area contributed by atoms with E-state index in [1.165, 1.54) is 12.8 Å². The van der Waals surface area contributed by atoms with E-state index in [2.05, 4.69) is 15.0 Å². The molecule has 0 amide bonds. The average molecular weight is 431 g/mol. The zero-order valence-electron chi connectivity index (χ0n) is 18.4. The predicted molar refractivity (Wildman–Crippen MR) is 123 cm³/mol. The smallest absolute Gasteiger partial charge is 0.265 e. The maximum absolute atomic E-state index is 13.3. The fraction of sp³-hybridized carbons (Fsp3) is 0.292. The van der Waals surface area contributed by atoms with Crippen molar-refractivity contribution < 1.29 is 9.47 Å². The van der Waals surface area contributed by atoms with Crippen LogP contribution in [0.5, 0.6) is 11.5 Å². The molecule has 4 aromatic rings. The lowest BCUT2D eigenvalue weighted by Crippen LogP contribution is -2.23. The molecular weight excluding hydrogens is 406 g/mol. The number of nitrogens with zero attached hydrogens (tertiary/aromatic N) is 5. The van der Waals surface area contributed by atoms with Gasteiger partial charge in [-0.25, -0.2) is 4.98 Å². The molecule has 1 aliphatic rings. The van der Waals surface area contributed by atoms with Crippen molar-refractivity contribution in [2.24, 2.45) is 13.0 Å². The molecule has 0 bridgehead atoms. The average Bonchev–Trinajstić information content (AvgIpc) is 3.55. The number of aryl methyl sites for hydroxylation is 1. The van der Waals surface area contributed by atoms with Gasteiger partial charge in [-0.2, -0.15) is 5.10 Å². The molecule has 164 valence electrons. The number of aromatic nitrogens is 4. The van der Waals surface area contributed by atoms with Crippen molar-refractivity contribution in [3.05, 3.63) is 65.5 Å². The third-order valence-electron chi connectivity index (χ3n) is 5.80. The second kappa shape index (κ2) is 8.03. The van der Waals surface area contributed by atoms with E-state index in [0.717, 1.165) is 35.0 Å². The van der Waals surface area contributed by atoms with E-state index in [0.29, 0.717) is 17.1 Å². The van der Waals surface area contributed by atoms with E-state index in [4.69, 9.17) is 9.47 Å².